The summed E-state index contributed by atoms with van der Waals surface area (Å²) in [6.07, 6.45) is 0.207. The third-order valence-electron chi connectivity index (χ3n) is 1.40. The minimum absolute atomic E-state index is 0.207. The lowest BCUT2D eigenvalue weighted by atomic mass is 10.4. The van der Waals surface area contributed by atoms with Crippen LogP contribution in [-0.4, -0.2) is 43.8 Å². The molecule has 0 spiro atoms. The normalized spacial score (nSPS) is 12.9. The number of hydrogen-bond donors (Lipinski definition) is 0. The standard InChI is InChI=1S/C9H17BrO4/c1-7(2)14-5-4-13-6-8(10)9(11)12-3/h7-8H,4-6H2,1-3H3. The van der Waals surface area contributed by atoms with Gasteiger partial charge in [-0.25, -0.2) is 0 Å². The average Bonchev–Trinajstić information content (AvgIpc) is 2.15. The van der Waals surface area contributed by atoms with Crippen molar-refractivity contribution in [3.05, 3.63) is 0 Å². The first-order chi connectivity index (χ1) is 6.57. The molecule has 4 nitrogen and oxygen atoms in total. The zero-order valence-corrected chi connectivity index (χ0v) is 10.4. The lowest BCUT2D eigenvalue weighted by Gasteiger charge is -2.10. The number of carbonyl (C=O) groups is 1. The summed E-state index contributed by atoms with van der Waals surface area (Å²) in [5.41, 5.74) is 0. The van der Waals surface area contributed by atoms with Crippen LogP contribution in [0.4, 0.5) is 0 Å². The fourth-order valence-electron chi connectivity index (χ4n) is 0.725. The third-order valence-corrected chi connectivity index (χ3v) is 2.04. The summed E-state index contributed by atoms with van der Waals surface area (Å²) in [5.74, 6) is -0.324. The molecule has 0 aromatic carbocycles. The highest BCUT2D eigenvalue weighted by Gasteiger charge is 2.14. The van der Waals surface area contributed by atoms with Crippen LogP contribution in [0.25, 0.3) is 0 Å². The highest BCUT2D eigenvalue weighted by atomic mass is 79.9. The van der Waals surface area contributed by atoms with Crippen molar-refractivity contribution in [2.24, 2.45) is 0 Å². The molecule has 84 valence electrons. The molecule has 0 aliphatic heterocycles. The smallest absolute Gasteiger partial charge is 0.321 e. The van der Waals surface area contributed by atoms with Crippen LogP contribution < -0.4 is 0 Å². The Labute approximate surface area is 93.0 Å². The van der Waals surface area contributed by atoms with Gasteiger partial charge in [-0.1, -0.05) is 15.9 Å². The van der Waals surface area contributed by atoms with E-state index in [4.69, 9.17) is 9.47 Å². The van der Waals surface area contributed by atoms with Crippen LogP contribution in [0.3, 0.4) is 0 Å². The Hall–Kier alpha value is -0.130. The van der Waals surface area contributed by atoms with Crippen LogP contribution in [0.2, 0.25) is 0 Å². The van der Waals surface area contributed by atoms with Gasteiger partial charge < -0.3 is 14.2 Å². The van der Waals surface area contributed by atoms with Gasteiger partial charge in [0.1, 0.15) is 4.83 Å². The molecule has 1 atom stereocenters. The van der Waals surface area contributed by atoms with Crippen LogP contribution in [0, 0.1) is 0 Å². The predicted molar refractivity (Wildman–Crippen MR) is 56.6 cm³/mol. The Bertz CT molecular complexity index is 161. The maximum atomic E-state index is 10.9. The van der Waals surface area contributed by atoms with E-state index in [1.54, 1.807) is 0 Å². The maximum absolute atomic E-state index is 10.9. The summed E-state index contributed by atoms with van der Waals surface area (Å²) in [4.78, 5) is 10.5. The highest BCUT2D eigenvalue weighted by Crippen LogP contribution is 2.02. The predicted octanol–water partition coefficient (Wildman–Crippen LogP) is 1.36. The lowest BCUT2D eigenvalue weighted by molar-refractivity contribution is -0.141. The molecule has 0 amide bonds. The summed E-state index contributed by atoms with van der Waals surface area (Å²) in [5, 5.41) is 0. The van der Waals surface area contributed by atoms with Gasteiger partial charge in [0.25, 0.3) is 0 Å². The molecule has 0 aliphatic carbocycles. The molecule has 1 unspecified atom stereocenters. The summed E-state index contributed by atoms with van der Waals surface area (Å²) in [6.45, 7) is 5.24. The summed E-state index contributed by atoms with van der Waals surface area (Å²) in [7, 11) is 1.35. The van der Waals surface area contributed by atoms with Crippen molar-refractivity contribution in [3.63, 3.8) is 0 Å². The van der Waals surface area contributed by atoms with Gasteiger partial charge in [0, 0.05) is 0 Å². The molecule has 0 heterocycles. The average molecular weight is 269 g/mol. The van der Waals surface area contributed by atoms with E-state index in [1.807, 2.05) is 13.8 Å². The van der Waals surface area contributed by atoms with Gasteiger partial charge in [0.2, 0.25) is 0 Å². The monoisotopic (exact) mass is 268 g/mol. The van der Waals surface area contributed by atoms with Crippen LogP contribution in [0.1, 0.15) is 13.8 Å². The summed E-state index contributed by atoms with van der Waals surface area (Å²) >= 11 is 3.14. The van der Waals surface area contributed by atoms with Crippen molar-refractivity contribution >= 4 is 21.9 Å². The molecule has 0 saturated heterocycles. The van der Waals surface area contributed by atoms with Crippen molar-refractivity contribution in [3.8, 4) is 0 Å². The summed E-state index contributed by atoms with van der Waals surface area (Å²) < 4.78 is 15.0. The molecule has 0 fully saturated rings. The maximum Gasteiger partial charge on any atom is 0.321 e. The van der Waals surface area contributed by atoms with Crippen LogP contribution in [0.5, 0.6) is 0 Å². The number of halogens is 1. The third kappa shape index (κ3) is 7.29. The number of esters is 1. The van der Waals surface area contributed by atoms with E-state index < -0.39 is 4.83 Å². The van der Waals surface area contributed by atoms with Crippen molar-refractivity contribution < 1.29 is 19.0 Å². The molecule has 0 rings (SSSR count). The molecule has 0 bridgehead atoms. The van der Waals surface area contributed by atoms with E-state index >= 15 is 0 Å². The zero-order valence-electron chi connectivity index (χ0n) is 8.79. The largest absolute Gasteiger partial charge is 0.468 e. The molecule has 0 saturated carbocycles. The number of hydrogen-bond acceptors (Lipinski definition) is 4. The number of methoxy groups -OCH3 is 1. The fourth-order valence-corrected chi connectivity index (χ4v) is 1.10. The Morgan fingerprint density at radius 2 is 2.00 bits per heavy atom. The molecule has 0 radical (unpaired) electrons. The number of rotatable bonds is 7. The van der Waals surface area contributed by atoms with Gasteiger partial charge in [-0.2, -0.15) is 0 Å². The molecular weight excluding hydrogens is 252 g/mol. The van der Waals surface area contributed by atoms with Crippen molar-refractivity contribution in [2.75, 3.05) is 26.9 Å². The van der Waals surface area contributed by atoms with Crippen LogP contribution in [-0.2, 0) is 19.0 Å². The van der Waals surface area contributed by atoms with E-state index in [-0.39, 0.29) is 12.1 Å². The number of carbonyl (C=O) groups excluding carboxylic acids is 1. The van der Waals surface area contributed by atoms with Crippen LogP contribution in [0.15, 0.2) is 0 Å². The van der Waals surface area contributed by atoms with Crippen molar-refractivity contribution in [1.29, 1.82) is 0 Å². The van der Waals surface area contributed by atoms with Crippen molar-refractivity contribution in [2.45, 2.75) is 24.8 Å². The van der Waals surface area contributed by atoms with E-state index in [0.717, 1.165) is 0 Å². The quantitative estimate of drug-likeness (QED) is 0.398. The Balaban J connectivity index is 3.31. The minimum Gasteiger partial charge on any atom is -0.468 e. The highest BCUT2D eigenvalue weighted by molar-refractivity contribution is 9.10. The van der Waals surface area contributed by atoms with Crippen molar-refractivity contribution in [1.82, 2.24) is 0 Å². The van der Waals surface area contributed by atoms with Gasteiger partial charge in [0.15, 0.2) is 0 Å². The Morgan fingerprint density at radius 3 is 2.50 bits per heavy atom. The molecule has 0 aromatic heterocycles. The molecule has 5 heteroatoms. The Kier molecular flexibility index (Phi) is 8.12. The number of alkyl halides is 1. The van der Waals surface area contributed by atoms with Gasteiger partial charge in [0.05, 0.1) is 33.0 Å². The second-order valence-corrected chi connectivity index (χ2v) is 4.09. The fraction of sp³-hybridized carbons (Fsp3) is 0.889. The van der Waals surface area contributed by atoms with Crippen LogP contribution >= 0.6 is 15.9 Å². The molecule has 0 N–H and O–H groups in total. The summed E-state index contributed by atoms with van der Waals surface area (Å²) in [6, 6.07) is 0. The zero-order chi connectivity index (χ0) is 11.0. The topological polar surface area (TPSA) is 44.8 Å². The molecular formula is C9H17BrO4. The van der Waals surface area contributed by atoms with Gasteiger partial charge in [-0.3, -0.25) is 4.79 Å². The SMILES string of the molecule is COC(=O)C(Br)COCCOC(C)C. The second kappa shape index (κ2) is 8.20. The molecule has 0 aliphatic rings. The lowest BCUT2D eigenvalue weighted by Crippen LogP contribution is -2.22. The first kappa shape index (κ1) is 13.9. The van der Waals surface area contributed by atoms with E-state index in [0.29, 0.717) is 19.8 Å². The van der Waals surface area contributed by atoms with E-state index in [2.05, 4.69) is 20.7 Å². The molecule has 0 aromatic rings. The molecule has 14 heavy (non-hydrogen) atoms. The van der Waals surface area contributed by atoms with Gasteiger partial charge in [-0.15, -0.1) is 0 Å². The van der Waals surface area contributed by atoms with Gasteiger partial charge >= 0.3 is 5.97 Å². The second-order valence-electron chi connectivity index (χ2n) is 2.99. The first-order valence-corrected chi connectivity index (χ1v) is 5.40. The van der Waals surface area contributed by atoms with Gasteiger partial charge in [-0.05, 0) is 13.8 Å². The Morgan fingerprint density at radius 1 is 1.36 bits per heavy atom. The van der Waals surface area contributed by atoms with E-state index in [1.165, 1.54) is 7.11 Å². The van der Waals surface area contributed by atoms with E-state index in [9.17, 15) is 4.79 Å². The number of ether oxygens (including phenoxy) is 3. The minimum atomic E-state index is -0.397. The first-order valence-electron chi connectivity index (χ1n) is 4.49.